The third kappa shape index (κ3) is 7.03. The lowest BCUT2D eigenvalue weighted by Crippen LogP contribution is -2.38. The Hall–Kier alpha value is -6.08. The number of anilines is 1. The average Bonchev–Trinajstić information content (AvgIpc) is 3.66. The Kier molecular flexibility index (Phi) is 10.1. The van der Waals surface area contributed by atoms with E-state index in [0.29, 0.717) is 57.3 Å². The van der Waals surface area contributed by atoms with Gasteiger partial charge in [-0.05, 0) is 67.1 Å². The van der Waals surface area contributed by atoms with E-state index in [4.69, 9.17) is 37.8 Å². The van der Waals surface area contributed by atoms with Crippen LogP contribution in [0.5, 0.6) is 40.2 Å². The lowest BCUT2D eigenvalue weighted by atomic mass is 10.1. The maximum absolute atomic E-state index is 12.6. The fraction of sp³-hybridized carbons (Fsp3) is 0.243. The quantitative estimate of drug-likeness (QED) is 0.114. The molecule has 4 aromatic carbocycles. The van der Waals surface area contributed by atoms with Crippen LogP contribution in [0.2, 0.25) is 0 Å². The molecule has 2 heterocycles. The van der Waals surface area contributed by atoms with Crippen LogP contribution in [0.1, 0.15) is 29.0 Å². The second-order valence-electron chi connectivity index (χ2n) is 11.3. The molecule has 6 rings (SSSR count). The lowest BCUT2D eigenvalue weighted by molar-refractivity contribution is 0.0935. The summed E-state index contributed by atoms with van der Waals surface area (Å²) in [6, 6.07) is 23.5. The van der Waals surface area contributed by atoms with Crippen LogP contribution in [-0.4, -0.2) is 59.3 Å². The molecular formula is C37H38N4O9. The minimum absolute atomic E-state index is 0.146. The summed E-state index contributed by atoms with van der Waals surface area (Å²) in [4.78, 5) is 18.6. The number of hydroxylamine groups is 1. The fourth-order valence-electron chi connectivity index (χ4n) is 5.46. The largest absolute Gasteiger partial charge is 0.493 e. The maximum Gasteiger partial charge on any atom is 0.255 e. The molecule has 0 spiro atoms. The number of amides is 1. The zero-order valence-corrected chi connectivity index (χ0v) is 28.5. The zero-order valence-electron chi connectivity index (χ0n) is 28.5. The second-order valence-corrected chi connectivity index (χ2v) is 11.3. The molecule has 0 fully saturated rings. The number of ether oxygens (including phenoxy) is 6. The van der Waals surface area contributed by atoms with E-state index < -0.39 is 6.17 Å². The van der Waals surface area contributed by atoms with Crippen molar-refractivity contribution in [2.75, 3.05) is 47.5 Å². The molecule has 2 atom stereocenters. The van der Waals surface area contributed by atoms with Crippen molar-refractivity contribution in [2.24, 2.45) is 0 Å². The Morgan fingerprint density at radius 2 is 1.44 bits per heavy atom. The van der Waals surface area contributed by atoms with Crippen LogP contribution in [0.3, 0.4) is 0 Å². The standard InChI is InChI=1S/C37H38N4O9/c1-21(20-48-29-14-12-23(16-31(29)44-3)36-38-26-10-8-7-9-25(26)37(42)39-36)40-50-32-15-22(11-13-28(32)43-2)30-19-27(41-49-30)24-17-33(45-4)35(47-6)34(18-24)46-5/h7-19,21,36,38,40H,20H2,1-6H3,(H,39,42). The summed E-state index contributed by atoms with van der Waals surface area (Å²) in [5.74, 6) is 3.88. The predicted molar refractivity (Wildman–Crippen MR) is 186 cm³/mol. The summed E-state index contributed by atoms with van der Waals surface area (Å²) < 4.78 is 39.3. The van der Waals surface area contributed by atoms with Gasteiger partial charge in [0, 0.05) is 22.9 Å². The maximum atomic E-state index is 12.6. The fourth-order valence-corrected chi connectivity index (χ4v) is 5.46. The highest BCUT2D eigenvalue weighted by atomic mass is 16.7. The molecule has 1 aliphatic rings. The summed E-state index contributed by atoms with van der Waals surface area (Å²) >= 11 is 0. The Balaban J connectivity index is 1.10. The van der Waals surface area contributed by atoms with Gasteiger partial charge in [-0.1, -0.05) is 23.4 Å². The molecule has 13 nitrogen and oxygen atoms in total. The molecule has 1 aromatic heterocycles. The molecular weight excluding hydrogens is 644 g/mol. The van der Waals surface area contributed by atoms with E-state index in [1.54, 1.807) is 65.9 Å². The summed E-state index contributed by atoms with van der Waals surface area (Å²) in [7, 11) is 7.80. The zero-order chi connectivity index (χ0) is 35.2. The lowest BCUT2D eigenvalue weighted by Gasteiger charge is -2.28. The molecule has 1 amide bonds. The normalized spacial score (nSPS) is 14.0. The van der Waals surface area contributed by atoms with E-state index in [1.165, 1.54) is 0 Å². The highest BCUT2D eigenvalue weighted by Crippen LogP contribution is 2.42. The smallest absolute Gasteiger partial charge is 0.255 e. The molecule has 3 N–H and O–H groups in total. The molecule has 1 aliphatic heterocycles. The van der Waals surface area contributed by atoms with Gasteiger partial charge < -0.3 is 48.4 Å². The monoisotopic (exact) mass is 682 g/mol. The first-order valence-corrected chi connectivity index (χ1v) is 15.7. The number of hydrogen-bond acceptors (Lipinski definition) is 12. The number of nitrogens with zero attached hydrogens (tertiary/aromatic N) is 1. The van der Waals surface area contributed by atoms with E-state index in [1.807, 2.05) is 55.5 Å². The van der Waals surface area contributed by atoms with E-state index in [9.17, 15) is 4.79 Å². The van der Waals surface area contributed by atoms with E-state index >= 15 is 0 Å². The van der Waals surface area contributed by atoms with Crippen molar-refractivity contribution in [2.45, 2.75) is 19.1 Å². The molecule has 0 saturated heterocycles. The number of carbonyl (C=O) groups is 1. The van der Waals surface area contributed by atoms with Crippen molar-refractivity contribution in [3.63, 3.8) is 0 Å². The Bertz CT molecular complexity index is 1950. The SMILES string of the molecule is COc1cc(C2NC(=O)c3ccccc3N2)ccc1OCC(C)NOc1cc(-c2cc(-c3cc(OC)c(OC)c(OC)c3)no2)ccc1OC. The number of carbonyl (C=O) groups excluding carboxylic acids is 1. The van der Waals surface area contributed by atoms with E-state index in [-0.39, 0.29) is 18.6 Å². The Morgan fingerprint density at radius 3 is 2.16 bits per heavy atom. The minimum atomic E-state index is -0.418. The molecule has 0 aliphatic carbocycles. The number of para-hydroxylation sites is 1. The number of nitrogens with one attached hydrogen (secondary N) is 3. The predicted octanol–water partition coefficient (Wildman–Crippen LogP) is 6.26. The average molecular weight is 683 g/mol. The highest BCUT2D eigenvalue weighted by molar-refractivity contribution is 6.01. The van der Waals surface area contributed by atoms with Crippen LogP contribution in [0.4, 0.5) is 5.69 Å². The van der Waals surface area contributed by atoms with Crippen molar-refractivity contribution in [3.05, 3.63) is 90.0 Å². The number of aromatic nitrogens is 1. The summed E-state index contributed by atoms with van der Waals surface area (Å²) in [5, 5.41) is 10.6. The van der Waals surface area contributed by atoms with Crippen molar-refractivity contribution >= 4 is 11.6 Å². The third-order valence-electron chi connectivity index (χ3n) is 8.05. The van der Waals surface area contributed by atoms with Gasteiger partial charge in [0.15, 0.2) is 40.3 Å². The molecule has 0 radical (unpaired) electrons. The molecule has 50 heavy (non-hydrogen) atoms. The first-order chi connectivity index (χ1) is 24.3. The first-order valence-electron chi connectivity index (χ1n) is 15.7. The van der Waals surface area contributed by atoms with Crippen LogP contribution < -0.4 is 49.4 Å². The van der Waals surface area contributed by atoms with E-state index in [2.05, 4.69) is 21.3 Å². The number of fused-ring (bicyclic) bond motifs is 1. The van der Waals surface area contributed by atoms with Crippen LogP contribution in [0.25, 0.3) is 22.6 Å². The first kappa shape index (κ1) is 33.8. The van der Waals surface area contributed by atoms with E-state index in [0.717, 1.165) is 22.4 Å². The Labute approximate surface area is 289 Å². The van der Waals surface area contributed by atoms with Crippen LogP contribution in [0.15, 0.2) is 83.4 Å². The number of methoxy groups -OCH3 is 5. The Morgan fingerprint density at radius 1 is 0.740 bits per heavy atom. The van der Waals surface area contributed by atoms with Gasteiger partial charge in [0.25, 0.3) is 5.91 Å². The topological polar surface area (TPSA) is 144 Å². The summed E-state index contributed by atoms with van der Waals surface area (Å²) in [6.45, 7) is 2.17. The van der Waals surface area contributed by atoms with Gasteiger partial charge in [0.2, 0.25) is 5.75 Å². The van der Waals surface area contributed by atoms with Crippen molar-refractivity contribution in [1.82, 2.24) is 16.0 Å². The van der Waals surface area contributed by atoms with Crippen LogP contribution >= 0.6 is 0 Å². The van der Waals surface area contributed by atoms with Gasteiger partial charge in [0.05, 0.1) is 47.2 Å². The van der Waals surface area contributed by atoms with Gasteiger partial charge >= 0.3 is 0 Å². The van der Waals surface area contributed by atoms with Gasteiger partial charge in [-0.2, -0.15) is 5.48 Å². The number of rotatable bonds is 14. The molecule has 0 saturated carbocycles. The van der Waals surface area contributed by atoms with Gasteiger partial charge in [-0.3, -0.25) is 4.79 Å². The molecule has 0 bridgehead atoms. The van der Waals surface area contributed by atoms with Crippen LogP contribution in [-0.2, 0) is 0 Å². The van der Waals surface area contributed by atoms with Crippen molar-refractivity contribution in [3.8, 4) is 62.8 Å². The molecule has 13 heteroatoms. The third-order valence-corrected chi connectivity index (χ3v) is 8.05. The van der Waals surface area contributed by atoms with Gasteiger partial charge in [0.1, 0.15) is 18.5 Å². The molecule has 2 unspecified atom stereocenters. The summed E-state index contributed by atoms with van der Waals surface area (Å²) in [5.41, 5.74) is 7.23. The number of hydrogen-bond donors (Lipinski definition) is 3. The second kappa shape index (κ2) is 15.0. The highest BCUT2D eigenvalue weighted by Gasteiger charge is 2.25. The van der Waals surface area contributed by atoms with Gasteiger partial charge in [-0.25, -0.2) is 0 Å². The molecule has 260 valence electrons. The number of benzene rings is 4. The van der Waals surface area contributed by atoms with Crippen LogP contribution in [0, 0.1) is 0 Å². The summed E-state index contributed by atoms with van der Waals surface area (Å²) in [6.07, 6.45) is -0.418. The van der Waals surface area contributed by atoms with Crippen molar-refractivity contribution in [1.29, 1.82) is 0 Å². The van der Waals surface area contributed by atoms with Crippen molar-refractivity contribution < 1.29 is 42.6 Å². The molecule has 5 aromatic rings. The minimum Gasteiger partial charge on any atom is -0.493 e. The van der Waals surface area contributed by atoms with Gasteiger partial charge in [-0.15, -0.1) is 0 Å².